The molecule has 0 aliphatic carbocycles. The molecule has 1 spiro atoms. The molecule has 0 radical (unpaired) electrons. The van der Waals surface area contributed by atoms with Gasteiger partial charge in [0.1, 0.15) is 11.9 Å². The van der Waals surface area contributed by atoms with Crippen LogP contribution in [0.3, 0.4) is 0 Å². The monoisotopic (exact) mass is 414 g/mol. The van der Waals surface area contributed by atoms with Gasteiger partial charge in [0.25, 0.3) is 0 Å². The fourth-order valence-electron chi connectivity index (χ4n) is 5.18. The van der Waals surface area contributed by atoms with Gasteiger partial charge in [0, 0.05) is 32.5 Å². The standard InChI is InChI=1S/C24H34N2O4/c1-29-20-9-7-19(8-10-20)5-4-6-22(27)26-15-11-24(12-16-26)17-21(30-23(24)28)18-25-13-2-3-14-25/h7-10,21H,2-6,11-18H2,1H3. The van der Waals surface area contributed by atoms with Crippen LogP contribution in [0.4, 0.5) is 0 Å². The largest absolute Gasteiger partial charge is 0.497 e. The van der Waals surface area contributed by atoms with Crippen LogP contribution in [0.1, 0.15) is 50.5 Å². The van der Waals surface area contributed by atoms with Gasteiger partial charge in [-0.1, -0.05) is 12.1 Å². The van der Waals surface area contributed by atoms with Crippen LogP contribution in [0, 0.1) is 5.41 Å². The van der Waals surface area contributed by atoms with E-state index in [1.807, 2.05) is 17.0 Å². The van der Waals surface area contributed by atoms with Crippen LogP contribution >= 0.6 is 0 Å². The van der Waals surface area contributed by atoms with Crippen molar-refractivity contribution in [1.82, 2.24) is 9.80 Å². The first-order chi connectivity index (χ1) is 14.6. The molecule has 1 atom stereocenters. The van der Waals surface area contributed by atoms with Gasteiger partial charge in [-0.2, -0.15) is 0 Å². The summed E-state index contributed by atoms with van der Waals surface area (Å²) in [4.78, 5) is 29.6. The summed E-state index contributed by atoms with van der Waals surface area (Å²) in [5, 5.41) is 0. The third kappa shape index (κ3) is 4.80. The highest BCUT2D eigenvalue weighted by Gasteiger charge is 2.51. The van der Waals surface area contributed by atoms with Gasteiger partial charge in [0.2, 0.25) is 5.91 Å². The lowest BCUT2D eigenvalue weighted by Crippen LogP contribution is -2.45. The van der Waals surface area contributed by atoms with Crippen LogP contribution in [-0.4, -0.2) is 67.6 Å². The molecular weight excluding hydrogens is 380 g/mol. The van der Waals surface area contributed by atoms with Crippen LogP contribution in [0.2, 0.25) is 0 Å². The number of cyclic esters (lactones) is 1. The second kappa shape index (κ2) is 9.38. The smallest absolute Gasteiger partial charge is 0.312 e. The summed E-state index contributed by atoms with van der Waals surface area (Å²) in [6, 6.07) is 8.02. The summed E-state index contributed by atoms with van der Waals surface area (Å²) in [7, 11) is 1.66. The zero-order chi connectivity index (χ0) is 21.0. The molecule has 0 bridgehead atoms. The molecule has 1 unspecified atom stereocenters. The Morgan fingerprint density at radius 2 is 1.83 bits per heavy atom. The Morgan fingerprint density at radius 1 is 1.13 bits per heavy atom. The van der Waals surface area contributed by atoms with Gasteiger partial charge < -0.3 is 14.4 Å². The van der Waals surface area contributed by atoms with Gasteiger partial charge in [0.05, 0.1) is 12.5 Å². The topological polar surface area (TPSA) is 59.1 Å². The molecule has 0 aromatic heterocycles. The van der Waals surface area contributed by atoms with Crippen LogP contribution in [0.5, 0.6) is 5.75 Å². The Kier molecular flexibility index (Phi) is 6.61. The second-order valence-electron chi connectivity index (χ2n) is 9.10. The number of rotatable bonds is 7. The average Bonchev–Trinajstić information content (AvgIpc) is 3.37. The SMILES string of the molecule is COc1ccc(CCCC(=O)N2CCC3(CC2)CC(CN2CCCC2)OC3=O)cc1. The highest BCUT2D eigenvalue weighted by atomic mass is 16.6. The molecule has 6 nitrogen and oxygen atoms in total. The van der Waals surface area contributed by atoms with E-state index in [4.69, 9.17) is 9.47 Å². The number of piperidine rings is 1. The van der Waals surface area contributed by atoms with Gasteiger partial charge in [-0.3, -0.25) is 14.5 Å². The number of benzene rings is 1. The van der Waals surface area contributed by atoms with Crippen molar-refractivity contribution in [1.29, 1.82) is 0 Å². The molecule has 4 rings (SSSR count). The van der Waals surface area contributed by atoms with Crippen LogP contribution < -0.4 is 4.74 Å². The summed E-state index contributed by atoms with van der Waals surface area (Å²) < 4.78 is 10.9. The van der Waals surface area contributed by atoms with Crippen molar-refractivity contribution in [2.75, 3.05) is 39.8 Å². The number of ether oxygens (including phenoxy) is 2. The van der Waals surface area contributed by atoms with Crippen LogP contribution in [0.15, 0.2) is 24.3 Å². The minimum atomic E-state index is -0.357. The van der Waals surface area contributed by atoms with Crippen molar-refractivity contribution >= 4 is 11.9 Å². The summed E-state index contributed by atoms with van der Waals surface area (Å²) in [5.74, 6) is 1.03. The Bertz CT molecular complexity index is 734. The van der Waals surface area contributed by atoms with Crippen LogP contribution in [0.25, 0.3) is 0 Å². The summed E-state index contributed by atoms with van der Waals surface area (Å²) in [5.41, 5.74) is 0.864. The van der Waals surface area contributed by atoms with E-state index in [0.29, 0.717) is 19.5 Å². The molecule has 1 aromatic carbocycles. The summed E-state index contributed by atoms with van der Waals surface area (Å²) in [6.45, 7) is 4.47. The summed E-state index contributed by atoms with van der Waals surface area (Å²) >= 11 is 0. The predicted molar refractivity (Wildman–Crippen MR) is 114 cm³/mol. The zero-order valence-corrected chi connectivity index (χ0v) is 18.1. The molecular formula is C24H34N2O4. The number of esters is 1. The van der Waals surface area contributed by atoms with Crippen molar-refractivity contribution in [3.05, 3.63) is 29.8 Å². The Morgan fingerprint density at radius 3 is 2.50 bits per heavy atom. The van der Waals surface area contributed by atoms with Crippen molar-refractivity contribution in [3.63, 3.8) is 0 Å². The fraction of sp³-hybridized carbons (Fsp3) is 0.667. The Balaban J connectivity index is 1.20. The maximum atomic E-state index is 12.7. The van der Waals surface area contributed by atoms with Crippen molar-refractivity contribution in [2.24, 2.45) is 5.41 Å². The first-order valence-electron chi connectivity index (χ1n) is 11.4. The molecule has 3 saturated heterocycles. The molecule has 6 heteroatoms. The number of aryl methyl sites for hydroxylation is 1. The summed E-state index contributed by atoms with van der Waals surface area (Å²) in [6.07, 6.45) is 7.12. The molecule has 164 valence electrons. The zero-order valence-electron chi connectivity index (χ0n) is 18.1. The molecule has 3 aliphatic heterocycles. The maximum absolute atomic E-state index is 12.7. The molecule has 30 heavy (non-hydrogen) atoms. The number of carbonyl (C=O) groups is 2. The number of methoxy groups -OCH3 is 1. The quantitative estimate of drug-likeness (QED) is 0.642. The van der Waals surface area contributed by atoms with Gasteiger partial charge in [-0.25, -0.2) is 0 Å². The van der Waals surface area contributed by atoms with Crippen molar-refractivity contribution < 1.29 is 19.1 Å². The van der Waals surface area contributed by atoms with Crippen LogP contribution in [-0.2, 0) is 20.7 Å². The number of amides is 1. The molecule has 0 saturated carbocycles. The molecule has 1 amide bonds. The van der Waals surface area contributed by atoms with E-state index in [1.165, 1.54) is 18.4 Å². The van der Waals surface area contributed by atoms with E-state index < -0.39 is 0 Å². The normalized spacial score (nSPS) is 23.7. The number of hydrogen-bond donors (Lipinski definition) is 0. The third-order valence-electron chi connectivity index (χ3n) is 7.07. The van der Waals surface area contributed by atoms with E-state index in [9.17, 15) is 9.59 Å². The van der Waals surface area contributed by atoms with Crippen molar-refractivity contribution in [3.8, 4) is 5.75 Å². The lowest BCUT2D eigenvalue weighted by Gasteiger charge is -2.36. The number of nitrogens with zero attached hydrogens (tertiary/aromatic N) is 2. The van der Waals surface area contributed by atoms with Crippen molar-refractivity contribution in [2.45, 2.75) is 57.5 Å². The second-order valence-corrected chi connectivity index (χ2v) is 9.10. The fourth-order valence-corrected chi connectivity index (χ4v) is 5.18. The van der Waals surface area contributed by atoms with E-state index in [2.05, 4.69) is 17.0 Å². The van der Waals surface area contributed by atoms with Gasteiger partial charge >= 0.3 is 5.97 Å². The first-order valence-corrected chi connectivity index (χ1v) is 11.4. The number of carbonyl (C=O) groups excluding carboxylic acids is 2. The Labute approximate surface area is 179 Å². The molecule has 3 aliphatic rings. The lowest BCUT2D eigenvalue weighted by molar-refractivity contribution is -0.152. The molecule has 3 fully saturated rings. The van der Waals surface area contributed by atoms with E-state index in [0.717, 1.165) is 57.5 Å². The van der Waals surface area contributed by atoms with E-state index in [1.54, 1.807) is 7.11 Å². The molecule has 1 aromatic rings. The highest BCUT2D eigenvalue weighted by Crippen LogP contribution is 2.43. The number of hydrogen-bond acceptors (Lipinski definition) is 5. The first kappa shape index (κ1) is 21.2. The van der Waals surface area contributed by atoms with Gasteiger partial charge in [-0.15, -0.1) is 0 Å². The minimum absolute atomic E-state index is 0.0294. The Hall–Kier alpha value is -2.08. The average molecular weight is 415 g/mol. The number of likely N-dealkylation sites (tertiary alicyclic amines) is 2. The highest BCUT2D eigenvalue weighted by molar-refractivity contribution is 5.80. The minimum Gasteiger partial charge on any atom is -0.497 e. The predicted octanol–water partition coefficient (Wildman–Crippen LogP) is 3.04. The van der Waals surface area contributed by atoms with Gasteiger partial charge in [-0.05, 0) is 69.3 Å². The van der Waals surface area contributed by atoms with Gasteiger partial charge in [0.15, 0.2) is 0 Å². The van der Waals surface area contributed by atoms with E-state index >= 15 is 0 Å². The maximum Gasteiger partial charge on any atom is 0.312 e. The molecule has 0 N–H and O–H groups in total. The lowest BCUT2D eigenvalue weighted by atomic mass is 9.76. The van der Waals surface area contributed by atoms with E-state index in [-0.39, 0.29) is 23.4 Å². The third-order valence-corrected chi connectivity index (χ3v) is 7.07. The molecule has 3 heterocycles.